The van der Waals surface area contributed by atoms with Gasteiger partial charge < -0.3 is 33.2 Å². The largest absolute Gasteiger partial charge is 0.544 e. The van der Waals surface area contributed by atoms with E-state index in [1.807, 2.05) is 133 Å². The first kappa shape index (κ1) is 45.1. The molecule has 6 aromatic rings. The van der Waals surface area contributed by atoms with Crippen LogP contribution in [0.2, 0.25) is 18.1 Å². The lowest BCUT2D eigenvalue weighted by atomic mass is 9.85. The molecule has 0 aromatic heterocycles. The molecule has 6 aromatic carbocycles. The maximum atomic E-state index is 13.4. The van der Waals surface area contributed by atoms with Gasteiger partial charge in [-0.05, 0) is 88.6 Å². The van der Waals surface area contributed by atoms with Crippen LogP contribution in [0.15, 0.2) is 164 Å². The molecule has 1 saturated heterocycles. The third-order valence-corrected chi connectivity index (χ3v) is 16.6. The summed E-state index contributed by atoms with van der Waals surface area (Å²) in [5.74, 6) is -1.08. The van der Waals surface area contributed by atoms with Crippen molar-refractivity contribution >= 4 is 8.32 Å². The minimum absolute atomic E-state index is 0.0972. The van der Waals surface area contributed by atoms with Crippen molar-refractivity contribution in [2.75, 3.05) is 6.61 Å². The van der Waals surface area contributed by atoms with Gasteiger partial charge in [-0.15, -0.1) is 0 Å². The Morgan fingerprint density at radius 1 is 0.581 bits per heavy atom. The van der Waals surface area contributed by atoms with E-state index < -0.39 is 38.5 Å². The Labute approximate surface area is 369 Å². The first-order chi connectivity index (χ1) is 29.9. The van der Waals surface area contributed by atoms with Crippen molar-refractivity contribution in [1.82, 2.24) is 0 Å². The predicted octanol–water partition coefficient (Wildman–Crippen LogP) is 11.5. The van der Waals surface area contributed by atoms with Crippen LogP contribution >= 0.6 is 0 Å². The summed E-state index contributed by atoms with van der Waals surface area (Å²) in [6.45, 7) is 14.7. The lowest BCUT2D eigenvalue weighted by molar-refractivity contribution is -0.378. The van der Waals surface area contributed by atoms with E-state index in [0.717, 1.165) is 44.7 Å². The van der Waals surface area contributed by atoms with E-state index in [-0.39, 0.29) is 24.9 Å². The zero-order valence-electron chi connectivity index (χ0n) is 37.0. The van der Waals surface area contributed by atoms with E-state index in [2.05, 4.69) is 71.1 Å². The molecule has 62 heavy (non-hydrogen) atoms. The van der Waals surface area contributed by atoms with Gasteiger partial charge in [-0.2, -0.15) is 0 Å². The molecule has 1 aliphatic rings. The highest BCUT2D eigenvalue weighted by Gasteiger charge is 2.57. The van der Waals surface area contributed by atoms with Gasteiger partial charge in [0.15, 0.2) is 0 Å². The maximum Gasteiger partial charge on any atom is 0.250 e. The molecule has 1 aliphatic heterocycles. The van der Waals surface area contributed by atoms with Gasteiger partial charge in [0.05, 0.1) is 33.0 Å². The van der Waals surface area contributed by atoms with Crippen molar-refractivity contribution < 1.29 is 33.2 Å². The Hall–Kier alpha value is -4.90. The molecule has 8 heteroatoms. The van der Waals surface area contributed by atoms with Crippen molar-refractivity contribution in [2.24, 2.45) is 0 Å². The topological polar surface area (TPSA) is 75.6 Å². The molecule has 0 saturated carbocycles. The zero-order chi connectivity index (χ0) is 43.6. The molecule has 1 heterocycles. The van der Waals surface area contributed by atoms with Crippen LogP contribution in [-0.2, 0) is 62.3 Å². The standard InChI is InChI=1S/C54H62O7Si/c1-40-27-30-47(34-46(40)33-41-28-31-48(32-29-41)61-62(5,6)53(2,3)4)54(55)52(59-38-45-25-17-10-18-26-45)51(58-37-44-23-15-9-16-24-44)50(57-36-43-21-13-8-14-22-43)49(60-54)39-56-35-42-19-11-7-12-20-42/h7-32,34,49-52,55H,33,35-39H2,1-6H3/t49-,50-,51+,52-,54?/m1/s1. The molecule has 7 rings (SSSR count). The number of ether oxygens (including phenoxy) is 5. The summed E-state index contributed by atoms with van der Waals surface area (Å²) in [6, 6.07) is 54.6. The third kappa shape index (κ3) is 11.6. The highest BCUT2D eigenvalue weighted by atomic mass is 28.4. The number of aryl methyl sites for hydroxylation is 1. The van der Waals surface area contributed by atoms with E-state index in [4.69, 9.17) is 28.1 Å². The van der Waals surface area contributed by atoms with Crippen LogP contribution in [0.25, 0.3) is 0 Å². The average molecular weight is 851 g/mol. The summed E-state index contributed by atoms with van der Waals surface area (Å²) in [5.41, 5.74) is 7.83. The highest BCUT2D eigenvalue weighted by Crippen LogP contribution is 2.43. The Bertz CT molecular complexity index is 2260. The van der Waals surface area contributed by atoms with E-state index in [0.29, 0.717) is 25.2 Å². The van der Waals surface area contributed by atoms with Crippen LogP contribution in [0.5, 0.6) is 5.75 Å². The fraction of sp³-hybridized carbons (Fsp3) is 0.333. The van der Waals surface area contributed by atoms with E-state index >= 15 is 0 Å². The molecule has 0 spiro atoms. The molecule has 5 atom stereocenters. The van der Waals surface area contributed by atoms with Gasteiger partial charge in [-0.3, -0.25) is 0 Å². The molecule has 0 aliphatic carbocycles. The van der Waals surface area contributed by atoms with Crippen LogP contribution in [0.4, 0.5) is 0 Å². The number of aliphatic hydroxyl groups is 1. The van der Waals surface area contributed by atoms with E-state index in [1.54, 1.807) is 0 Å². The summed E-state index contributed by atoms with van der Waals surface area (Å²) in [7, 11) is -1.99. The number of hydrogen-bond donors (Lipinski definition) is 1. The highest BCUT2D eigenvalue weighted by molar-refractivity contribution is 6.74. The molecular weight excluding hydrogens is 789 g/mol. The number of benzene rings is 6. The van der Waals surface area contributed by atoms with Crippen LogP contribution in [0, 0.1) is 6.92 Å². The minimum atomic E-state index is -1.99. The Balaban J connectivity index is 1.26. The molecule has 1 N–H and O–H groups in total. The van der Waals surface area contributed by atoms with Crippen molar-refractivity contribution in [3.63, 3.8) is 0 Å². The van der Waals surface area contributed by atoms with E-state index in [9.17, 15) is 5.11 Å². The van der Waals surface area contributed by atoms with Crippen molar-refractivity contribution in [1.29, 1.82) is 0 Å². The Kier molecular flexibility index (Phi) is 14.9. The average Bonchev–Trinajstić information content (AvgIpc) is 3.27. The second-order valence-electron chi connectivity index (χ2n) is 17.9. The third-order valence-electron chi connectivity index (χ3n) is 12.2. The van der Waals surface area contributed by atoms with Gasteiger partial charge in [0.25, 0.3) is 0 Å². The molecule has 0 radical (unpaired) electrons. The quantitative estimate of drug-likeness (QED) is 0.0863. The van der Waals surface area contributed by atoms with Crippen LogP contribution in [0.1, 0.15) is 65.3 Å². The molecule has 1 fully saturated rings. The normalized spacial score (nSPS) is 20.5. The minimum Gasteiger partial charge on any atom is -0.544 e. The van der Waals surface area contributed by atoms with Gasteiger partial charge in [-0.1, -0.05) is 166 Å². The first-order valence-corrected chi connectivity index (χ1v) is 24.7. The molecular formula is C54H62O7Si. The fourth-order valence-electron chi connectivity index (χ4n) is 7.51. The van der Waals surface area contributed by atoms with Gasteiger partial charge >= 0.3 is 0 Å². The summed E-state index contributed by atoms with van der Waals surface area (Å²) >= 11 is 0. The van der Waals surface area contributed by atoms with Crippen LogP contribution in [0.3, 0.4) is 0 Å². The zero-order valence-corrected chi connectivity index (χ0v) is 38.0. The maximum absolute atomic E-state index is 13.4. The van der Waals surface area contributed by atoms with Gasteiger partial charge in [0, 0.05) is 5.56 Å². The summed E-state index contributed by atoms with van der Waals surface area (Å²) < 4.78 is 40.7. The lowest BCUT2D eigenvalue weighted by Gasteiger charge is -2.50. The van der Waals surface area contributed by atoms with Gasteiger partial charge in [-0.25, -0.2) is 0 Å². The Morgan fingerprint density at radius 3 is 1.58 bits per heavy atom. The van der Waals surface area contributed by atoms with Crippen molar-refractivity contribution in [2.45, 2.75) is 109 Å². The van der Waals surface area contributed by atoms with E-state index in [1.165, 1.54) is 0 Å². The second-order valence-corrected chi connectivity index (χ2v) is 22.6. The molecule has 0 amide bonds. The summed E-state index contributed by atoms with van der Waals surface area (Å²) in [5, 5.41) is 13.5. The summed E-state index contributed by atoms with van der Waals surface area (Å²) in [6.07, 6.45) is -2.59. The predicted molar refractivity (Wildman–Crippen MR) is 248 cm³/mol. The second kappa shape index (κ2) is 20.5. The number of rotatable bonds is 18. The van der Waals surface area contributed by atoms with Gasteiger partial charge in [0.2, 0.25) is 14.1 Å². The number of hydrogen-bond acceptors (Lipinski definition) is 7. The van der Waals surface area contributed by atoms with Crippen molar-refractivity contribution in [3.05, 3.63) is 208 Å². The monoisotopic (exact) mass is 850 g/mol. The first-order valence-electron chi connectivity index (χ1n) is 21.7. The molecule has 324 valence electrons. The van der Waals surface area contributed by atoms with Crippen molar-refractivity contribution in [3.8, 4) is 5.75 Å². The summed E-state index contributed by atoms with van der Waals surface area (Å²) in [4.78, 5) is 0. The van der Waals surface area contributed by atoms with Crippen LogP contribution in [-0.4, -0.2) is 44.4 Å². The van der Waals surface area contributed by atoms with Gasteiger partial charge in [0.1, 0.15) is 30.2 Å². The Morgan fingerprint density at radius 2 is 1.06 bits per heavy atom. The smallest absolute Gasteiger partial charge is 0.250 e. The molecule has 7 nitrogen and oxygen atoms in total. The lowest BCUT2D eigenvalue weighted by Crippen LogP contribution is -2.65. The molecule has 0 bridgehead atoms. The molecule has 1 unspecified atom stereocenters. The SMILES string of the molecule is Cc1ccc(C2(O)O[C@H](COCc3ccccc3)[C@@H](OCc3ccccc3)[C@H](OCc3ccccc3)[C@H]2OCc2ccccc2)cc1Cc1ccc(O[Si](C)(C)C(C)(C)C)cc1. The fourth-order valence-corrected chi connectivity index (χ4v) is 8.54. The van der Waals surface area contributed by atoms with Crippen LogP contribution < -0.4 is 4.43 Å².